The summed E-state index contributed by atoms with van der Waals surface area (Å²) in [4.78, 5) is 11.9. The van der Waals surface area contributed by atoms with Gasteiger partial charge in [0.05, 0.1) is 17.9 Å². The summed E-state index contributed by atoms with van der Waals surface area (Å²) in [6.45, 7) is 6.88. The highest BCUT2D eigenvalue weighted by Crippen LogP contribution is 2.44. The molecule has 2 rings (SSSR count). The first-order chi connectivity index (χ1) is 7.93. The summed E-state index contributed by atoms with van der Waals surface area (Å²) in [5, 5.41) is 7.57. The Bertz CT molecular complexity index is 477. The fourth-order valence-electron chi connectivity index (χ4n) is 1.63. The number of nitrogens with zero attached hydrogens (tertiary/aromatic N) is 2. The molecule has 0 spiro atoms. The number of rotatable bonds is 4. The van der Waals surface area contributed by atoms with E-state index in [4.69, 9.17) is 11.6 Å². The lowest BCUT2D eigenvalue weighted by molar-refractivity contribution is 0.503. The number of aromatic nitrogens is 2. The highest BCUT2D eigenvalue weighted by Gasteiger charge is 2.36. The molecule has 4 nitrogen and oxygen atoms in total. The first kappa shape index (κ1) is 12.4. The van der Waals surface area contributed by atoms with Crippen LogP contribution in [0, 0.1) is 5.41 Å². The zero-order valence-corrected chi connectivity index (χ0v) is 11.2. The SMILES string of the molecule is CC(C)n1ncc(NCC2(C)CC2)c(Cl)c1=O. The van der Waals surface area contributed by atoms with E-state index in [1.54, 1.807) is 6.20 Å². The van der Waals surface area contributed by atoms with Gasteiger partial charge in [-0.25, -0.2) is 4.68 Å². The Labute approximate surface area is 106 Å². The zero-order chi connectivity index (χ0) is 12.6. The van der Waals surface area contributed by atoms with Gasteiger partial charge in [-0.05, 0) is 32.1 Å². The number of hydrogen-bond acceptors (Lipinski definition) is 3. The van der Waals surface area contributed by atoms with Crippen molar-refractivity contribution in [1.29, 1.82) is 0 Å². The maximum atomic E-state index is 11.9. The van der Waals surface area contributed by atoms with Crippen molar-refractivity contribution >= 4 is 17.3 Å². The normalized spacial score (nSPS) is 17.2. The van der Waals surface area contributed by atoms with E-state index in [0.29, 0.717) is 11.1 Å². The molecule has 94 valence electrons. The van der Waals surface area contributed by atoms with Crippen LogP contribution in [0.2, 0.25) is 5.02 Å². The summed E-state index contributed by atoms with van der Waals surface area (Å²) in [6.07, 6.45) is 4.09. The van der Waals surface area contributed by atoms with Crippen molar-refractivity contribution < 1.29 is 0 Å². The van der Waals surface area contributed by atoms with Crippen LogP contribution in [0.15, 0.2) is 11.0 Å². The van der Waals surface area contributed by atoms with Gasteiger partial charge in [0, 0.05) is 6.54 Å². The van der Waals surface area contributed by atoms with E-state index >= 15 is 0 Å². The van der Waals surface area contributed by atoms with Crippen molar-refractivity contribution in [1.82, 2.24) is 9.78 Å². The summed E-state index contributed by atoms with van der Waals surface area (Å²) in [6, 6.07) is 0.0231. The summed E-state index contributed by atoms with van der Waals surface area (Å²) < 4.78 is 1.40. The molecule has 0 radical (unpaired) electrons. The van der Waals surface area contributed by atoms with Gasteiger partial charge in [-0.1, -0.05) is 18.5 Å². The maximum absolute atomic E-state index is 11.9. The molecule has 0 bridgehead atoms. The van der Waals surface area contributed by atoms with Crippen molar-refractivity contribution in [2.24, 2.45) is 5.41 Å². The second-order valence-electron chi connectivity index (χ2n) is 5.38. The standard InChI is InChI=1S/C12H18ClN3O/c1-8(2)16-11(17)10(13)9(6-15-16)14-7-12(3)4-5-12/h6,8,14H,4-5,7H2,1-3H3. The average molecular weight is 256 g/mol. The van der Waals surface area contributed by atoms with Gasteiger partial charge in [0.1, 0.15) is 5.02 Å². The molecule has 1 N–H and O–H groups in total. The molecule has 1 aliphatic rings. The van der Waals surface area contributed by atoms with Gasteiger partial charge in [0.25, 0.3) is 5.56 Å². The lowest BCUT2D eigenvalue weighted by Gasteiger charge is -2.14. The Morgan fingerprint density at radius 1 is 1.59 bits per heavy atom. The van der Waals surface area contributed by atoms with E-state index in [2.05, 4.69) is 17.3 Å². The molecule has 1 heterocycles. The van der Waals surface area contributed by atoms with E-state index in [1.807, 2.05) is 13.8 Å². The Balaban J connectivity index is 2.18. The lowest BCUT2D eigenvalue weighted by atomic mass is 10.1. The first-order valence-corrected chi connectivity index (χ1v) is 6.32. The van der Waals surface area contributed by atoms with Crippen LogP contribution in [0.5, 0.6) is 0 Å². The van der Waals surface area contributed by atoms with Gasteiger partial charge in [0.2, 0.25) is 0 Å². The molecule has 17 heavy (non-hydrogen) atoms. The zero-order valence-electron chi connectivity index (χ0n) is 10.5. The quantitative estimate of drug-likeness (QED) is 0.900. The van der Waals surface area contributed by atoms with Crippen LogP contribution in [0.3, 0.4) is 0 Å². The number of halogens is 1. The van der Waals surface area contributed by atoms with E-state index < -0.39 is 0 Å². The highest BCUT2D eigenvalue weighted by atomic mass is 35.5. The van der Waals surface area contributed by atoms with Gasteiger partial charge >= 0.3 is 0 Å². The molecule has 0 aliphatic heterocycles. The van der Waals surface area contributed by atoms with Gasteiger partial charge in [-0.2, -0.15) is 5.10 Å². The highest BCUT2D eigenvalue weighted by molar-refractivity contribution is 6.32. The molecule has 0 saturated heterocycles. The number of anilines is 1. The minimum absolute atomic E-state index is 0.0231. The van der Waals surface area contributed by atoms with Crippen molar-refractivity contribution in [2.75, 3.05) is 11.9 Å². The summed E-state index contributed by atoms with van der Waals surface area (Å²) in [5.74, 6) is 0. The molecule has 0 amide bonds. The molecule has 1 aromatic rings. The predicted molar refractivity (Wildman–Crippen MR) is 69.7 cm³/mol. The molecule has 0 unspecified atom stereocenters. The van der Waals surface area contributed by atoms with E-state index in [-0.39, 0.29) is 16.6 Å². The second-order valence-corrected chi connectivity index (χ2v) is 5.76. The molecule has 0 atom stereocenters. The summed E-state index contributed by atoms with van der Waals surface area (Å²) in [5.41, 5.74) is 0.783. The molecular formula is C12H18ClN3O. The van der Waals surface area contributed by atoms with Crippen LogP contribution < -0.4 is 10.9 Å². The van der Waals surface area contributed by atoms with Crippen LogP contribution in [0.25, 0.3) is 0 Å². The molecule has 1 aliphatic carbocycles. The third kappa shape index (κ3) is 2.63. The monoisotopic (exact) mass is 255 g/mol. The van der Waals surface area contributed by atoms with Crippen LogP contribution >= 0.6 is 11.6 Å². The van der Waals surface area contributed by atoms with E-state index in [9.17, 15) is 4.79 Å². The fourth-order valence-corrected chi connectivity index (χ4v) is 1.84. The van der Waals surface area contributed by atoms with Gasteiger partial charge in [0.15, 0.2) is 0 Å². The molecule has 1 fully saturated rings. The van der Waals surface area contributed by atoms with Crippen LogP contribution in [-0.2, 0) is 0 Å². The Hall–Kier alpha value is -1.03. The summed E-state index contributed by atoms with van der Waals surface area (Å²) in [7, 11) is 0. The maximum Gasteiger partial charge on any atom is 0.287 e. The van der Waals surface area contributed by atoms with Gasteiger partial charge in [-0.15, -0.1) is 0 Å². The molecule has 1 aromatic heterocycles. The smallest absolute Gasteiger partial charge is 0.287 e. The third-order valence-electron chi connectivity index (χ3n) is 3.24. The second kappa shape index (κ2) is 4.33. The van der Waals surface area contributed by atoms with E-state index in [1.165, 1.54) is 17.5 Å². The van der Waals surface area contributed by atoms with Crippen molar-refractivity contribution in [3.63, 3.8) is 0 Å². The minimum atomic E-state index is -0.229. The topological polar surface area (TPSA) is 46.9 Å². The molecule has 1 saturated carbocycles. The average Bonchev–Trinajstić information content (AvgIpc) is 2.99. The predicted octanol–water partition coefficient (Wildman–Crippen LogP) is 2.69. The van der Waals surface area contributed by atoms with Crippen molar-refractivity contribution in [3.05, 3.63) is 21.6 Å². The number of nitrogens with one attached hydrogen (secondary N) is 1. The van der Waals surface area contributed by atoms with Crippen LogP contribution in [-0.4, -0.2) is 16.3 Å². The van der Waals surface area contributed by atoms with Crippen molar-refractivity contribution in [3.8, 4) is 0 Å². The fraction of sp³-hybridized carbons (Fsp3) is 0.667. The molecule has 5 heteroatoms. The van der Waals surface area contributed by atoms with E-state index in [0.717, 1.165) is 6.54 Å². The van der Waals surface area contributed by atoms with Crippen LogP contribution in [0.1, 0.15) is 39.7 Å². The Morgan fingerprint density at radius 3 is 2.76 bits per heavy atom. The summed E-state index contributed by atoms with van der Waals surface area (Å²) >= 11 is 6.06. The Morgan fingerprint density at radius 2 is 2.24 bits per heavy atom. The van der Waals surface area contributed by atoms with Gasteiger partial charge < -0.3 is 5.32 Å². The third-order valence-corrected chi connectivity index (χ3v) is 3.61. The first-order valence-electron chi connectivity index (χ1n) is 5.94. The Kier molecular flexibility index (Phi) is 3.17. The van der Waals surface area contributed by atoms with Crippen molar-refractivity contribution in [2.45, 2.75) is 39.7 Å². The van der Waals surface area contributed by atoms with Crippen LogP contribution in [0.4, 0.5) is 5.69 Å². The lowest BCUT2D eigenvalue weighted by Crippen LogP contribution is -2.26. The molecule has 0 aromatic carbocycles. The largest absolute Gasteiger partial charge is 0.382 e. The minimum Gasteiger partial charge on any atom is -0.382 e. The number of hydrogen-bond donors (Lipinski definition) is 1. The molecular weight excluding hydrogens is 238 g/mol. The van der Waals surface area contributed by atoms with Gasteiger partial charge in [-0.3, -0.25) is 4.79 Å².